The summed E-state index contributed by atoms with van der Waals surface area (Å²) in [6.07, 6.45) is 0. The van der Waals surface area contributed by atoms with E-state index in [1.165, 1.54) is 0 Å². The van der Waals surface area contributed by atoms with Crippen LogP contribution in [-0.4, -0.2) is 0 Å². The molecule has 0 N–H and O–H groups in total. The monoisotopic (exact) mass is 839 g/mol. The van der Waals surface area contributed by atoms with E-state index in [2.05, 4.69) is 186 Å². The highest BCUT2D eigenvalue weighted by Gasteiger charge is 2.47. The number of para-hydroxylation sites is 4. The Bertz CT molecular complexity index is 3680. The summed E-state index contributed by atoms with van der Waals surface area (Å²) in [6, 6.07) is 76.0. The zero-order valence-corrected chi connectivity index (χ0v) is 35.5. The standard InChI is InChI=1S/C61H42N2S/c1-6-20-43(21-7-1)51-30-16-18-32-58(51)63(48-28-14-5-15-29-48)50-36-39-57-55(42-50)54-41-49(62(46-24-10-3-11-25-46)47-26-12-4-13-27-47)35-38-56(54)61(57,44-22-8-2-9-23-44)45-34-37-53-52-31-17-19-33-59(52)64-60(53)40-45/h1-42H/i2D,8D,9D,22D,23D. The third kappa shape index (κ3) is 6.16. The second kappa shape index (κ2) is 15.7. The average Bonchev–Trinajstić information content (AvgIpc) is 3.92. The van der Waals surface area contributed by atoms with E-state index in [0.717, 1.165) is 93.2 Å². The van der Waals surface area contributed by atoms with Crippen LogP contribution in [0.2, 0.25) is 0 Å². The minimum absolute atomic E-state index is 0.215. The van der Waals surface area contributed by atoms with Crippen LogP contribution in [0.3, 0.4) is 0 Å². The molecule has 0 amide bonds. The van der Waals surface area contributed by atoms with Gasteiger partial charge in [0.2, 0.25) is 0 Å². The molecule has 0 spiro atoms. The fourth-order valence-electron chi connectivity index (χ4n) is 9.84. The van der Waals surface area contributed by atoms with Gasteiger partial charge in [-0.25, -0.2) is 0 Å². The number of nitrogens with zero attached hydrogens (tertiary/aromatic N) is 2. The minimum atomic E-state index is -1.34. The Labute approximate surface area is 385 Å². The first kappa shape index (κ1) is 32.7. The number of anilines is 6. The third-order valence-electron chi connectivity index (χ3n) is 12.6. The molecule has 0 saturated carbocycles. The van der Waals surface area contributed by atoms with Gasteiger partial charge < -0.3 is 9.80 Å². The molecule has 1 atom stereocenters. The maximum absolute atomic E-state index is 9.80. The van der Waals surface area contributed by atoms with Crippen LogP contribution in [0.1, 0.15) is 29.1 Å². The van der Waals surface area contributed by atoms with Gasteiger partial charge in [0.25, 0.3) is 0 Å². The molecule has 1 aliphatic rings. The molecule has 0 radical (unpaired) electrons. The second-order valence-electron chi connectivity index (χ2n) is 16.1. The number of thiophene rings is 1. The van der Waals surface area contributed by atoms with Gasteiger partial charge in [-0.1, -0.05) is 176 Å². The predicted octanol–water partition coefficient (Wildman–Crippen LogP) is 17.0. The quantitative estimate of drug-likeness (QED) is 0.143. The van der Waals surface area contributed by atoms with Crippen LogP contribution in [0.5, 0.6) is 0 Å². The zero-order chi connectivity index (χ0) is 46.8. The molecule has 3 heteroatoms. The van der Waals surface area contributed by atoms with Crippen molar-refractivity contribution in [2.45, 2.75) is 5.41 Å². The number of hydrogen-bond acceptors (Lipinski definition) is 3. The zero-order valence-electron chi connectivity index (χ0n) is 39.7. The van der Waals surface area contributed by atoms with Crippen LogP contribution in [0.4, 0.5) is 34.1 Å². The lowest BCUT2D eigenvalue weighted by molar-refractivity contribution is 0.770. The molecule has 12 rings (SSSR count). The van der Waals surface area contributed by atoms with Crippen LogP contribution in [-0.2, 0) is 5.41 Å². The van der Waals surface area contributed by atoms with Crippen LogP contribution >= 0.6 is 11.3 Å². The lowest BCUT2D eigenvalue weighted by atomic mass is 9.67. The molecule has 11 aromatic rings. The van der Waals surface area contributed by atoms with Gasteiger partial charge in [-0.15, -0.1) is 11.3 Å². The Balaban J connectivity index is 1.20. The van der Waals surface area contributed by atoms with Gasteiger partial charge in [0.15, 0.2) is 0 Å². The molecule has 64 heavy (non-hydrogen) atoms. The van der Waals surface area contributed by atoms with E-state index >= 15 is 0 Å². The Kier molecular flexibility index (Phi) is 8.04. The van der Waals surface area contributed by atoms with Gasteiger partial charge >= 0.3 is 0 Å². The van der Waals surface area contributed by atoms with Gasteiger partial charge in [-0.3, -0.25) is 0 Å². The topological polar surface area (TPSA) is 6.48 Å². The van der Waals surface area contributed by atoms with E-state index in [1.54, 1.807) is 11.3 Å². The van der Waals surface area contributed by atoms with E-state index in [9.17, 15) is 5.48 Å². The summed E-state index contributed by atoms with van der Waals surface area (Å²) in [5.74, 6) is 0. The van der Waals surface area contributed by atoms with Crippen molar-refractivity contribution >= 4 is 65.6 Å². The molecule has 1 aliphatic carbocycles. The number of rotatable bonds is 9. The molecule has 1 heterocycles. The summed E-state index contributed by atoms with van der Waals surface area (Å²) < 4.78 is 48.9. The molecular formula is C61H42N2S. The minimum Gasteiger partial charge on any atom is -0.310 e. The molecule has 2 nitrogen and oxygen atoms in total. The van der Waals surface area contributed by atoms with Crippen molar-refractivity contribution in [2.24, 2.45) is 0 Å². The normalized spacial score (nSPS) is 15.1. The Morgan fingerprint density at radius 3 is 1.52 bits per heavy atom. The molecule has 302 valence electrons. The molecule has 0 bridgehead atoms. The number of fused-ring (bicyclic) bond motifs is 6. The first-order valence-electron chi connectivity index (χ1n) is 24.0. The molecule has 0 aliphatic heterocycles. The van der Waals surface area contributed by atoms with Gasteiger partial charge in [-0.05, 0) is 118 Å². The van der Waals surface area contributed by atoms with Gasteiger partial charge in [-0.2, -0.15) is 0 Å². The molecule has 0 fully saturated rings. The highest BCUT2D eigenvalue weighted by Crippen LogP contribution is 2.59. The van der Waals surface area contributed by atoms with E-state index in [1.807, 2.05) is 48.5 Å². The highest BCUT2D eigenvalue weighted by atomic mass is 32.1. The van der Waals surface area contributed by atoms with Crippen LogP contribution in [0.15, 0.2) is 255 Å². The first-order valence-corrected chi connectivity index (χ1v) is 22.3. The smallest absolute Gasteiger partial charge is 0.0714 e. The van der Waals surface area contributed by atoms with E-state index in [-0.39, 0.29) is 29.7 Å². The van der Waals surface area contributed by atoms with Crippen molar-refractivity contribution in [3.05, 3.63) is 277 Å². The van der Waals surface area contributed by atoms with Gasteiger partial charge in [0.1, 0.15) is 0 Å². The molecule has 1 unspecified atom stereocenters. The number of benzene rings is 10. The Morgan fingerprint density at radius 1 is 0.359 bits per heavy atom. The Morgan fingerprint density at radius 2 is 0.875 bits per heavy atom. The molecular weight excluding hydrogens is 793 g/mol. The largest absolute Gasteiger partial charge is 0.310 e. The SMILES string of the molecule is [2H]c1c([2H])c([2H])c(C2(c3ccc4c(c3)sc3ccccc34)c3ccc(N(c4ccccc4)c4ccccc4)cc3-c3cc(N(c4ccccc4)c4ccccc4-c4ccccc4)ccc32)c([2H])c1[2H]. The molecule has 10 aromatic carbocycles. The van der Waals surface area contributed by atoms with Crippen molar-refractivity contribution in [1.82, 2.24) is 0 Å². The van der Waals surface area contributed by atoms with Crippen LogP contribution in [0, 0.1) is 0 Å². The van der Waals surface area contributed by atoms with Crippen molar-refractivity contribution in [3.63, 3.8) is 0 Å². The van der Waals surface area contributed by atoms with Crippen LogP contribution in [0.25, 0.3) is 42.4 Å². The molecule has 1 aromatic heterocycles. The van der Waals surface area contributed by atoms with E-state index in [4.69, 9.17) is 1.37 Å². The summed E-state index contributed by atoms with van der Waals surface area (Å²) >= 11 is 1.70. The van der Waals surface area contributed by atoms with Crippen molar-refractivity contribution in [1.29, 1.82) is 0 Å². The van der Waals surface area contributed by atoms with Gasteiger partial charge in [0.05, 0.1) is 18.0 Å². The Hall–Kier alpha value is -7.98. The summed E-state index contributed by atoms with van der Waals surface area (Å²) in [7, 11) is 0. The van der Waals surface area contributed by atoms with Crippen molar-refractivity contribution in [2.75, 3.05) is 9.80 Å². The molecule has 0 saturated heterocycles. The third-order valence-corrected chi connectivity index (χ3v) is 13.7. The summed E-state index contributed by atoms with van der Waals surface area (Å²) in [5, 5.41) is 2.26. The van der Waals surface area contributed by atoms with Crippen LogP contribution < -0.4 is 9.80 Å². The van der Waals surface area contributed by atoms with E-state index < -0.39 is 11.5 Å². The predicted molar refractivity (Wildman–Crippen MR) is 271 cm³/mol. The maximum atomic E-state index is 9.80. The first-order chi connectivity index (χ1) is 33.8. The fourth-order valence-corrected chi connectivity index (χ4v) is 11.0. The van der Waals surface area contributed by atoms with Crippen molar-refractivity contribution < 1.29 is 6.85 Å². The summed E-state index contributed by atoms with van der Waals surface area (Å²) in [5.41, 5.74) is 11.0. The van der Waals surface area contributed by atoms with Gasteiger partial charge in [0, 0.05) is 54.2 Å². The lowest BCUT2D eigenvalue weighted by Gasteiger charge is -2.34. The summed E-state index contributed by atoms with van der Waals surface area (Å²) in [4.78, 5) is 4.53. The van der Waals surface area contributed by atoms with E-state index in [0.29, 0.717) is 0 Å². The second-order valence-corrected chi connectivity index (χ2v) is 17.2. The average molecular weight is 840 g/mol. The number of hydrogen-bond donors (Lipinski definition) is 0. The van der Waals surface area contributed by atoms with Crippen molar-refractivity contribution in [3.8, 4) is 22.3 Å². The fraction of sp³-hybridized carbons (Fsp3) is 0.0164. The highest BCUT2D eigenvalue weighted by molar-refractivity contribution is 7.25. The maximum Gasteiger partial charge on any atom is 0.0714 e. The lowest BCUT2D eigenvalue weighted by Crippen LogP contribution is -2.28. The summed E-state index contributed by atoms with van der Waals surface area (Å²) in [6.45, 7) is 0.